The van der Waals surface area contributed by atoms with Crippen LogP contribution >= 0.6 is 0 Å². The Morgan fingerprint density at radius 3 is 3.19 bits per heavy atom. The van der Waals surface area contributed by atoms with Crippen LogP contribution in [0.5, 0.6) is 0 Å². The highest BCUT2D eigenvalue weighted by atomic mass is 16.5. The average Bonchev–Trinajstić information content (AvgIpc) is 3.18. The number of nitrogen functional groups attached to an aromatic ring is 1. The van der Waals surface area contributed by atoms with E-state index in [1.807, 2.05) is 6.33 Å². The van der Waals surface area contributed by atoms with Crippen molar-refractivity contribution < 1.29 is 9.84 Å². The predicted octanol–water partition coefficient (Wildman–Crippen LogP) is 0.367. The van der Waals surface area contributed by atoms with Crippen molar-refractivity contribution in [2.45, 2.75) is 25.0 Å². The standard InChI is InChI=1S/C14H17N5O2/c15-12-9-13(17-5-16-12)19(6-18-9)10-7-1-8-11(10)21-4-14(8,2-7)3-20/h5-8,10-11,20H,1-4H2,(H2,15,16,17)/t7-,8-,10+,11-,14-/m1/s1. The molecule has 7 heteroatoms. The third-order valence-corrected chi connectivity index (χ3v) is 5.81. The number of imidazole rings is 1. The van der Waals surface area contributed by atoms with E-state index in [1.165, 1.54) is 6.33 Å². The van der Waals surface area contributed by atoms with E-state index < -0.39 is 0 Å². The molecule has 7 nitrogen and oxygen atoms in total. The SMILES string of the molecule is Nc1ncnc2c1ncn2[C@H]1[C@@H]2C[C@@H]3[C@H]1OC[C@]3(CO)C2. The minimum Gasteiger partial charge on any atom is -0.396 e. The second-order valence-corrected chi connectivity index (χ2v) is 6.68. The first kappa shape index (κ1) is 11.9. The zero-order chi connectivity index (χ0) is 14.2. The number of aromatic nitrogens is 4. The summed E-state index contributed by atoms with van der Waals surface area (Å²) in [6.07, 6.45) is 5.59. The first-order valence-electron chi connectivity index (χ1n) is 7.39. The summed E-state index contributed by atoms with van der Waals surface area (Å²) in [5.41, 5.74) is 7.31. The molecule has 3 fully saturated rings. The minimum absolute atomic E-state index is 0.00374. The third-order valence-electron chi connectivity index (χ3n) is 5.81. The molecule has 21 heavy (non-hydrogen) atoms. The van der Waals surface area contributed by atoms with E-state index in [2.05, 4.69) is 19.5 Å². The summed E-state index contributed by atoms with van der Waals surface area (Å²) in [5, 5.41) is 9.75. The Kier molecular flexibility index (Phi) is 2.10. The molecule has 2 aromatic rings. The fraction of sp³-hybridized carbons (Fsp3) is 0.643. The second kappa shape index (κ2) is 3.72. The molecule has 1 aliphatic heterocycles. The fourth-order valence-electron chi connectivity index (χ4n) is 4.93. The van der Waals surface area contributed by atoms with Crippen molar-refractivity contribution in [2.24, 2.45) is 17.3 Å². The third kappa shape index (κ3) is 1.29. The summed E-state index contributed by atoms with van der Waals surface area (Å²) in [7, 11) is 0. The Morgan fingerprint density at radius 2 is 2.33 bits per heavy atom. The van der Waals surface area contributed by atoms with Crippen LogP contribution in [0.1, 0.15) is 18.9 Å². The van der Waals surface area contributed by atoms with E-state index in [4.69, 9.17) is 10.5 Å². The normalized spacial score (nSPS) is 40.4. The molecule has 0 spiro atoms. The van der Waals surface area contributed by atoms with E-state index in [0.29, 0.717) is 29.8 Å². The van der Waals surface area contributed by atoms with Gasteiger partial charge in [0.05, 0.1) is 31.7 Å². The highest BCUT2D eigenvalue weighted by Crippen LogP contribution is 2.64. The van der Waals surface area contributed by atoms with Crippen LogP contribution in [-0.2, 0) is 4.74 Å². The number of rotatable bonds is 2. The van der Waals surface area contributed by atoms with Gasteiger partial charge in [0.15, 0.2) is 11.5 Å². The van der Waals surface area contributed by atoms with Crippen molar-refractivity contribution in [2.75, 3.05) is 18.9 Å². The molecule has 0 amide bonds. The lowest BCUT2D eigenvalue weighted by Crippen LogP contribution is -2.37. The van der Waals surface area contributed by atoms with Crippen molar-refractivity contribution in [1.29, 1.82) is 0 Å². The van der Waals surface area contributed by atoms with Gasteiger partial charge in [0.1, 0.15) is 11.8 Å². The number of hydrogen-bond donors (Lipinski definition) is 2. The largest absolute Gasteiger partial charge is 0.396 e. The zero-order valence-electron chi connectivity index (χ0n) is 11.5. The van der Waals surface area contributed by atoms with E-state index in [9.17, 15) is 5.11 Å². The van der Waals surface area contributed by atoms with Gasteiger partial charge in [-0.15, -0.1) is 0 Å². The van der Waals surface area contributed by atoms with Gasteiger partial charge in [-0.05, 0) is 24.7 Å². The number of nitrogens with two attached hydrogens (primary N) is 1. The van der Waals surface area contributed by atoms with Crippen molar-refractivity contribution >= 4 is 17.0 Å². The summed E-state index contributed by atoms with van der Waals surface area (Å²) in [6.45, 7) is 0.909. The number of anilines is 1. The van der Waals surface area contributed by atoms with Gasteiger partial charge in [0.2, 0.25) is 0 Å². The van der Waals surface area contributed by atoms with Crippen LogP contribution in [0.3, 0.4) is 0 Å². The smallest absolute Gasteiger partial charge is 0.165 e. The minimum atomic E-state index is -0.00374. The van der Waals surface area contributed by atoms with E-state index >= 15 is 0 Å². The maximum Gasteiger partial charge on any atom is 0.165 e. The lowest BCUT2D eigenvalue weighted by Gasteiger charge is -2.33. The van der Waals surface area contributed by atoms with Crippen molar-refractivity contribution in [1.82, 2.24) is 19.5 Å². The number of fused-ring (bicyclic) bond motifs is 2. The molecule has 0 aromatic carbocycles. The van der Waals surface area contributed by atoms with Gasteiger partial charge in [-0.25, -0.2) is 15.0 Å². The molecule has 0 unspecified atom stereocenters. The number of aliphatic hydroxyl groups is 1. The van der Waals surface area contributed by atoms with E-state index in [1.54, 1.807) is 0 Å². The summed E-state index contributed by atoms with van der Waals surface area (Å²) in [5.74, 6) is 1.39. The molecule has 3 heterocycles. The van der Waals surface area contributed by atoms with Gasteiger partial charge in [0.25, 0.3) is 0 Å². The Balaban J connectivity index is 1.62. The first-order chi connectivity index (χ1) is 10.2. The second-order valence-electron chi connectivity index (χ2n) is 6.68. The van der Waals surface area contributed by atoms with Crippen molar-refractivity contribution in [3.63, 3.8) is 0 Å². The molecule has 0 radical (unpaired) electrons. The van der Waals surface area contributed by atoms with Gasteiger partial charge in [0, 0.05) is 5.41 Å². The Morgan fingerprint density at radius 1 is 1.43 bits per heavy atom. The lowest BCUT2D eigenvalue weighted by molar-refractivity contribution is 0.0656. The summed E-state index contributed by atoms with van der Waals surface area (Å²) in [6, 6.07) is 0.247. The molecule has 2 aliphatic carbocycles. The molecule has 2 aromatic heterocycles. The van der Waals surface area contributed by atoms with Crippen LogP contribution in [0.4, 0.5) is 5.82 Å². The van der Waals surface area contributed by atoms with Gasteiger partial charge < -0.3 is 20.1 Å². The highest BCUT2D eigenvalue weighted by Gasteiger charge is 2.65. The molecular weight excluding hydrogens is 270 g/mol. The molecular formula is C14H17N5O2. The van der Waals surface area contributed by atoms with Gasteiger partial charge in [-0.3, -0.25) is 0 Å². The maximum absolute atomic E-state index is 9.75. The summed E-state index contributed by atoms with van der Waals surface area (Å²) < 4.78 is 8.16. The molecule has 5 rings (SSSR count). The molecule has 3 N–H and O–H groups in total. The molecule has 2 saturated carbocycles. The van der Waals surface area contributed by atoms with Crippen molar-refractivity contribution in [3.8, 4) is 0 Å². The van der Waals surface area contributed by atoms with Gasteiger partial charge >= 0.3 is 0 Å². The fourth-order valence-corrected chi connectivity index (χ4v) is 4.93. The van der Waals surface area contributed by atoms with Crippen LogP contribution in [-0.4, -0.2) is 43.9 Å². The number of hydrogen-bond acceptors (Lipinski definition) is 6. The molecule has 3 aliphatic rings. The lowest BCUT2D eigenvalue weighted by atomic mass is 9.74. The zero-order valence-corrected chi connectivity index (χ0v) is 11.5. The maximum atomic E-state index is 9.75. The average molecular weight is 287 g/mol. The van der Waals surface area contributed by atoms with Crippen molar-refractivity contribution in [3.05, 3.63) is 12.7 Å². The van der Waals surface area contributed by atoms with Crippen LogP contribution < -0.4 is 5.73 Å². The van der Waals surface area contributed by atoms with Gasteiger partial charge in [-0.1, -0.05) is 0 Å². The molecule has 2 bridgehead atoms. The van der Waals surface area contributed by atoms with E-state index in [0.717, 1.165) is 18.5 Å². The molecule has 5 atom stereocenters. The summed E-state index contributed by atoms with van der Waals surface area (Å²) in [4.78, 5) is 12.7. The van der Waals surface area contributed by atoms with Crippen LogP contribution in [0, 0.1) is 17.3 Å². The Labute approximate surface area is 121 Å². The molecule has 110 valence electrons. The number of ether oxygens (including phenoxy) is 1. The van der Waals surface area contributed by atoms with E-state index in [-0.39, 0.29) is 24.2 Å². The quantitative estimate of drug-likeness (QED) is 0.827. The Hall–Kier alpha value is -1.73. The van der Waals surface area contributed by atoms with Crippen LogP contribution in [0.15, 0.2) is 12.7 Å². The highest BCUT2D eigenvalue weighted by molar-refractivity contribution is 5.81. The van der Waals surface area contributed by atoms with Crippen LogP contribution in [0.25, 0.3) is 11.2 Å². The van der Waals surface area contributed by atoms with Gasteiger partial charge in [-0.2, -0.15) is 0 Å². The molecule has 1 saturated heterocycles. The Bertz CT molecular complexity index is 731. The van der Waals surface area contributed by atoms with Crippen LogP contribution in [0.2, 0.25) is 0 Å². The topological polar surface area (TPSA) is 99.1 Å². The first-order valence-corrected chi connectivity index (χ1v) is 7.39. The summed E-state index contributed by atoms with van der Waals surface area (Å²) >= 11 is 0. The predicted molar refractivity (Wildman–Crippen MR) is 74.2 cm³/mol. The number of nitrogens with zero attached hydrogens (tertiary/aromatic N) is 4. The number of aliphatic hydroxyl groups excluding tert-OH is 1. The monoisotopic (exact) mass is 287 g/mol.